The lowest BCUT2D eigenvalue weighted by molar-refractivity contribution is -0.543. The Hall–Kier alpha value is -3.31. The molecule has 0 saturated carbocycles. The van der Waals surface area contributed by atoms with Crippen molar-refractivity contribution in [3.05, 3.63) is 36.7 Å². The van der Waals surface area contributed by atoms with Gasteiger partial charge < -0.3 is 18.9 Å². The SMILES string of the molecule is CCCCCCOc1cnc(-c2ccc(OCCOCCOCC(F)(F)OC(F)(F)C(F)(F)OC(F)(F)C(F)(F)C(F)(F)C(F)(F)F)cc2)nc1. The molecule has 0 bridgehead atoms. The third-order valence-corrected chi connectivity index (χ3v) is 6.13. The summed E-state index contributed by atoms with van der Waals surface area (Å²) in [6, 6.07) is 6.42. The van der Waals surface area contributed by atoms with Crippen LogP contribution < -0.4 is 9.47 Å². The van der Waals surface area contributed by atoms with Gasteiger partial charge in [0.2, 0.25) is 0 Å². The highest BCUT2D eigenvalue weighted by molar-refractivity contribution is 5.56. The van der Waals surface area contributed by atoms with Gasteiger partial charge in [-0.1, -0.05) is 26.2 Å². The Balaban J connectivity index is 1.74. The Morgan fingerprint density at radius 3 is 1.63 bits per heavy atom. The van der Waals surface area contributed by atoms with Gasteiger partial charge in [0.15, 0.2) is 11.6 Å². The molecule has 0 saturated heterocycles. The number of alkyl halides is 15. The first-order chi connectivity index (χ1) is 23.4. The number of halogens is 15. The van der Waals surface area contributed by atoms with Crippen molar-refractivity contribution in [1.82, 2.24) is 9.97 Å². The van der Waals surface area contributed by atoms with Gasteiger partial charge in [0.1, 0.15) is 19.0 Å². The van der Waals surface area contributed by atoms with E-state index in [4.69, 9.17) is 14.2 Å². The van der Waals surface area contributed by atoms with Gasteiger partial charge in [-0.2, -0.15) is 65.9 Å². The van der Waals surface area contributed by atoms with Crippen LogP contribution in [0.1, 0.15) is 32.6 Å². The smallest absolute Gasteiger partial charge is 0.460 e. The summed E-state index contributed by atoms with van der Waals surface area (Å²) in [5.74, 6) is -14.4. The Morgan fingerprint density at radius 1 is 0.529 bits per heavy atom. The van der Waals surface area contributed by atoms with Gasteiger partial charge >= 0.3 is 42.5 Å². The second kappa shape index (κ2) is 17.5. The first kappa shape index (κ1) is 43.9. The monoisotopic (exact) mass is 774 g/mol. The lowest BCUT2D eigenvalue weighted by Crippen LogP contribution is -2.64. The molecule has 8 nitrogen and oxygen atoms in total. The van der Waals surface area contributed by atoms with Gasteiger partial charge in [0, 0.05) is 5.56 Å². The first-order valence-corrected chi connectivity index (χ1v) is 14.5. The molecule has 0 spiro atoms. The molecular formula is C28H29F15N2O6. The van der Waals surface area contributed by atoms with Crippen molar-refractivity contribution in [1.29, 1.82) is 0 Å². The van der Waals surface area contributed by atoms with E-state index in [1.54, 1.807) is 29.0 Å². The molecule has 1 aromatic carbocycles. The van der Waals surface area contributed by atoms with Crippen LogP contribution in [0.4, 0.5) is 65.9 Å². The zero-order chi connectivity index (χ0) is 38.8. The molecule has 2 aromatic rings. The van der Waals surface area contributed by atoms with E-state index in [9.17, 15) is 65.9 Å². The number of unbranched alkanes of at least 4 members (excludes halogenated alkanes) is 3. The lowest BCUT2D eigenvalue weighted by Gasteiger charge is -2.36. The van der Waals surface area contributed by atoms with E-state index in [-0.39, 0.29) is 13.2 Å². The van der Waals surface area contributed by atoms with Crippen LogP contribution in [0.3, 0.4) is 0 Å². The van der Waals surface area contributed by atoms with Crippen molar-refractivity contribution in [3.8, 4) is 22.9 Å². The van der Waals surface area contributed by atoms with E-state index in [2.05, 4.69) is 26.4 Å². The fourth-order valence-electron chi connectivity index (χ4n) is 3.51. The van der Waals surface area contributed by atoms with Crippen molar-refractivity contribution in [3.63, 3.8) is 0 Å². The summed E-state index contributed by atoms with van der Waals surface area (Å²) in [7, 11) is 0. The fraction of sp³-hybridized carbons (Fsp3) is 0.643. The Morgan fingerprint density at radius 2 is 1.06 bits per heavy atom. The maximum Gasteiger partial charge on any atom is 0.460 e. The van der Waals surface area contributed by atoms with Crippen LogP contribution in [-0.4, -0.2) is 92.1 Å². The number of rotatable bonds is 23. The van der Waals surface area contributed by atoms with E-state index in [1.807, 2.05) is 0 Å². The third-order valence-electron chi connectivity index (χ3n) is 6.13. The molecule has 51 heavy (non-hydrogen) atoms. The van der Waals surface area contributed by atoms with Gasteiger partial charge in [-0.15, -0.1) is 0 Å². The largest absolute Gasteiger partial charge is 0.491 e. The molecule has 1 aromatic heterocycles. The summed E-state index contributed by atoms with van der Waals surface area (Å²) in [6.45, 7) is -1.39. The van der Waals surface area contributed by atoms with Gasteiger partial charge in [-0.05, 0) is 30.7 Å². The van der Waals surface area contributed by atoms with Gasteiger partial charge in [0.25, 0.3) is 0 Å². The van der Waals surface area contributed by atoms with E-state index in [0.29, 0.717) is 29.5 Å². The van der Waals surface area contributed by atoms with E-state index in [1.165, 1.54) is 12.4 Å². The zero-order valence-corrected chi connectivity index (χ0v) is 26.0. The Bertz CT molecular complexity index is 1330. The zero-order valence-electron chi connectivity index (χ0n) is 26.0. The van der Waals surface area contributed by atoms with Crippen LogP contribution in [0, 0.1) is 0 Å². The number of ether oxygens (including phenoxy) is 6. The van der Waals surface area contributed by atoms with Crippen LogP contribution in [0.15, 0.2) is 36.7 Å². The molecule has 0 fully saturated rings. The van der Waals surface area contributed by atoms with Crippen LogP contribution in [0.2, 0.25) is 0 Å². The molecule has 0 atom stereocenters. The number of hydrogen-bond donors (Lipinski definition) is 0. The molecule has 1 heterocycles. The molecule has 2 rings (SSSR count). The summed E-state index contributed by atoms with van der Waals surface area (Å²) in [6.07, 6.45) is -27.8. The number of aromatic nitrogens is 2. The molecule has 0 N–H and O–H groups in total. The second-order valence-corrected chi connectivity index (χ2v) is 10.2. The molecule has 0 unspecified atom stereocenters. The van der Waals surface area contributed by atoms with Crippen LogP contribution in [0.25, 0.3) is 11.4 Å². The van der Waals surface area contributed by atoms with E-state index in [0.717, 1.165) is 25.7 Å². The second-order valence-electron chi connectivity index (χ2n) is 10.2. The number of hydrogen-bond acceptors (Lipinski definition) is 8. The van der Waals surface area contributed by atoms with Crippen molar-refractivity contribution >= 4 is 0 Å². The van der Waals surface area contributed by atoms with E-state index < -0.39 is 62.3 Å². The molecule has 0 aliphatic carbocycles. The van der Waals surface area contributed by atoms with Crippen molar-refractivity contribution in [2.24, 2.45) is 0 Å². The predicted molar refractivity (Wildman–Crippen MR) is 142 cm³/mol. The summed E-state index contributed by atoms with van der Waals surface area (Å²) in [5, 5.41) is 0. The number of benzene rings is 1. The summed E-state index contributed by atoms with van der Waals surface area (Å²) >= 11 is 0. The molecular weight excluding hydrogens is 745 g/mol. The Labute approximate surface area is 279 Å². The summed E-state index contributed by atoms with van der Waals surface area (Å²) in [5.41, 5.74) is 0.644. The third kappa shape index (κ3) is 12.1. The summed E-state index contributed by atoms with van der Waals surface area (Å²) in [4.78, 5) is 8.47. The molecule has 0 aliphatic rings. The quantitative estimate of drug-likeness (QED) is 0.0820. The van der Waals surface area contributed by atoms with E-state index >= 15 is 0 Å². The minimum absolute atomic E-state index is 0.112. The van der Waals surface area contributed by atoms with Gasteiger partial charge in [-0.25, -0.2) is 19.4 Å². The molecule has 292 valence electrons. The molecule has 0 aliphatic heterocycles. The van der Waals surface area contributed by atoms with Crippen LogP contribution in [0.5, 0.6) is 11.5 Å². The first-order valence-electron chi connectivity index (χ1n) is 14.5. The minimum atomic E-state index is -7.93. The van der Waals surface area contributed by atoms with Crippen molar-refractivity contribution in [2.75, 3.05) is 39.6 Å². The normalized spacial score (nSPS) is 13.8. The minimum Gasteiger partial charge on any atom is -0.491 e. The van der Waals surface area contributed by atoms with Gasteiger partial charge in [0.05, 0.1) is 38.8 Å². The average Bonchev–Trinajstić information content (AvgIpc) is 3.01. The molecule has 0 amide bonds. The lowest BCUT2D eigenvalue weighted by atomic mass is 10.1. The summed E-state index contributed by atoms with van der Waals surface area (Å²) < 4.78 is 220. The Kier molecular flexibility index (Phi) is 15.0. The molecule has 0 radical (unpaired) electrons. The number of nitrogens with zero attached hydrogens (tertiary/aromatic N) is 2. The highest BCUT2D eigenvalue weighted by atomic mass is 19.4. The maximum absolute atomic E-state index is 13.6. The van der Waals surface area contributed by atoms with Gasteiger partial charge in [-0.3, -0.25) is 0 Å². The topological polar surface area (TPSA) is 81.2 Å². The molecule has 23 heteroatoms. The van der Waals surface area contributed by atoms with Crippen molar-refractivity contribution < 1.29 is 94.3 Å². The van der Waals surface area contributed by atoms with Crippen LogP contribution in [-0.2, 0) is 18.9 Å². The fourth-order valence-corrected chi connectivity index (χ4v) is 3.51. The average molecular weight is 775 g/mol. The highest BCUT2D eigenvalue weighted by Crippen LogP contribution is 2.56. The standard InChI is InChI=1S/C28H29F15N2O6/c1-2-3-4-5-10-48-20-15-44-21(45-16-20)18-6-8-19(9-7-18)49-14-13-46-11-12-47-17-22(29,30)50-27(40,41)28(42,43)51-26(38,39)24(33,34)23(31,32)25(35,36)37/h6-9,15-16H,2-5,10-14,17H2,1H3. The highest BCUT2D eigenvalue weighted by Gasteiger charge is 2.85. The van der Waals surface area contributed by atoms with Crippen molar-refractivity contribution in [2.45, 2.75) is 75.1 Å². The maximum atomic E-state index is 13.6. The van der Waals surface area contributed by atoms with Crippen LogP contribution >= 0.6 is 0 Å². The predicted octanol–water partition coefficient (Wildman–Crippen LogP) is 8.75.